The molecule has 0 saturated heterocycles. The first-order valence-electron chi connectivity index (χ1n) is 6.10. The van der Waals surface area contributed by atoms with Crippen molar-refractivity contribution < 1.29 is 27.4 Å². The van der Waals surface area contributed by atoms with Crippen molar-refractivity contribution >= 4 is 5.97 Å². The van der Waals surface area contributed by atoms with Crippen molar-refractivity contribution in [3.63, 3.8) is 0 Å². The van der Waals surface area contributed by atoms with Crippen molar-refractivity contribution in [1.82, 2.24) is 0 Å². The molecule has 110 valence electrons. The van der Waals surface area contributed by atoms with Gasteiger partial charge in [0.1, 0.15) is 5.75 Å². The maximum atomic E-state index is 12.1. The summed E-state index contributed by atoms with van der Waals surface area (Å²) in [4.78, 5) is 11.6. The molecule has 2 rings (SSSR count). The zero-order chi connectivity index (χ0) is 15.1. The minimum absolute atomic E-state index is 0.0464. The SMILES string of the molecule is COC(=O)C1C(c2ccc(OC(F)(F)F)cc2)C1(C)C. The fourth-order valence-electron chi connectivity index (χ4n) is 2.70. The highest BCUT2D eigenvalue weighted by molar-refractivity contribution is 5.79. The standard InChI is InChI=1S/C14H15F3O3/c1-13(2)10(11(13)12(18)19-3)8-4-6-9(7-5-8)20-14(15,16)17/h4-7,10-11H,1-3H3. The van der Waals surface area contributed by atoms with Gasteiger partial charge in [-0.2, -0.15) is 0 Å². The lowest BCUT2D eigenvalue weighted by molar-refractivity contribution is -0.274. The molecule has 0 N–H and O–H groups in total. The number of halogens is 3. The van der Waals surface area contributed by atoms with Crippen LogP contribution in [0, 0.1) is 11.3 Å². The summed E-state index contributed by atoms with van der Waals surface area (Å²) in [6.07, 6.45) is -4.70. The third-order valence-electron chi connectivity index (χ3n) is 3.76. The first-order chi connectivity index (χ1) is 9.16. The summed E-state index contributed by atoms with van der Waals surface area (Å²) in [5.74, 6) is -0.873. The Morgan fingerprint density at radius 3 is 2.20 bits per heavy atom. The fourth-order valence-corrected chi connectivity index (χ4v) is 2.70. The van der Waals surface area contributed by atoms with Gasteiger partial charge in [0.25, 0.3) is 0 Å². The van der Waals surface area contributed by atoms with E-state index in [0.29, 0.717) is 0 Å². The van der Waals surface area contributed by atoms with E-state index in [1.54, 1.807) is 12.1 Å². The lowest BCUT2D eigenvalue weighted by atomic mass is 10.0. The molecule has 0 aromatic heterocycles. The number of carbonyl (C=O) groups excluding carboxylic acids is 1. The Kier molecular flexibility index (Phi) is 3.44. The molecular weight excluding hydrogens is 273 g/mol. The second-order valence-electron chi connectivity index (χ2n) is 5.42. The fraction of sp³-hybridized carbons (Fsp3) is 0.500. The zero-order valence-electron chi connectivity index (χ0n) is 11.3. The van der Waals surface area contributed by atoms with Gasteiger partial charge >= 0.3 is 12.3 Å². The van der Waals surface area contributed by atoms with Gasteiger partial charge in [0.2, 0.25) is 0 Å². The Morgan fingerprint density at radius 1 is 1.20 bits per heavy atom. The number of hydrogen-bond acceptors (Lipinski definition) is 3. The van der Waals surface area contributed by atoms with Crippen LogP contribution in [0.25, 0.3) is 0 Å². The highest BCUT2D eigenvalue weighted by atomic mass is 19.4. The van der Waals surface area contributed by atoms with Crippen LogP contribution in [0.2, 0.25) is 0 Å². The topological polar surface area (TPSA) is 35.5 Å². The van der Waals surface area contributed by atoms with Gasteiger partial charge in [0.05, 0.1) is 13.0 Å². The Bertz CT molecular complexity index is 505. The van der Waals surface area contributed by atoms with E-state index in [-0.39, 0.29) is 29.0 Å². The maximum absolute atomic E-state index is 12.1. The second-order valence-corrected chi connectivity index (χ2v) is 5.42. The first-order valence-corrected chi connectivity index (χ1v) is 6.10. The van der Waals surface area contributed by atoms with Crippen LogP contribution in [0.1, 0.15) is 25.3 Å². The van der Waals surface area contributed by atoms with Gasteiger partial charge in [-0.1, -0.05) is 26.0 Å². The van der Waals surface area contributed by atoms with Crippen LogP contribution >= 0.6 is 0 Å². The number of rotatable bonds is 3. The smallest absolute Gasteiger partial charge is 0.469 e. The van der Waals surface area contributed by atoms with Gasteiger partial charge in [0, 0.05) is 5.92 Å². The molecule has 1 aliphatic rings. The number of ether oxygens (including phenoxy) is 2. The summed E-state index contributed by atoms with van der Waals surface area (Å²) < 4.78 is 44.7. The number of methoxy groups -OCH3 is 1. The van der Waals surface area contributed by atoms with Crippen LogP contribution in [0.5, 0.6) is 5.75 Å². The summed E-state index contributed by atoms with van der Waals surface area (Å²) >= 11 is 0. The molecule has 0 bridgehead atoms. The molecule has 1 aromatic rings. The van der Waals surface area contributed by atoms with Crippen LogP contribution in [0.15, 0.2) is 24.3 Å². The molecule has 1 aliphatic carbocycles. The van der Waals surface area contributed by atoms with Gasteiger partial charge in [-0.15, -0.1) is 13.2 Å². The largest absolute Gasteiger partial charge is 0.573 e. The van der Waals surface area contributed by atoms with Gasteiger partial charge in [-0.25, -0.2) is 0 Å². The van der Waals surface area contributed by atoms with Crippen LogP contribution in [-0.2, 0) is 9.53 Å². The van der Waals surface area contributed by atoms with E-state index in [4.69, 9.17) is 4.74 Å². The van der Waals surface area contributed by atoms with E-state index in [2.05, 4.69) is 4.74 Å². The lowest BCUT2D eigenvalue weighted by Gasteiger charge is -2.09. The van der Waals surface area contributed by atoms with Crippen LogP contribution < -0.4 is 4.74 Å². The second kappa shape index (κ2) is 4.68. The predicted molar refractivity (Wildman–Crippen MR) is 65.2 cm³/mol. The molecule has 0 radical (unpaired) electrons. The van der Waals surface area contributed by atoms with Crippen molar-refractivity contribution in [2.45, 2.75) is 26.1 Å². The van der Waals surface area contributed by atoms with Gasteiger partial charge < -0.3 is 9.47 Å². The maximum Gasteiger partial charge on any atom is 0.573 e. The Balaban J connectivity index is 2.14. The quantitative estimate of drug-likeness (QED) is 0.799. The molecule has 2 atom stereocenters. The zero-order valence-corrected chi connectivity index (χ0v) is 11.3. The van der Waals surface area contributed by atoms with E-state index >= 15 is 0 Å². The van der Waals surface area contributed by atoms with E-state index in [1.165, 1.54) is 19.2 Å². The summed E-state index contributed by atoms with van der Waals surface area (Å²) in [5, 5.41) is 0. The first kappa shape index (κ1) is 14.7. The van der Waals surface area contributed by atoms with Crippen molar-refractivity contribution in [2.75, 3.05) is 7.11 Å². The number of hydrogen-bond donors (Lipinski definition) is 0. The van der Waals surface area contributed by atoms with E-state index in [9.17, 15) is 18.0 Å². The molecule has 0 spiro atoms. The monoisotopic (exact) mass is 288 g/mol. The molecule has 1 saturated carbocycles. The number of esters is 1. The molecule has 1 fully saturated rings. The normalized spacial score (nSPS) is 24.1. The molecule has 0 aliphatic heterocycles. The third kappa shape index (κ3) is 2.73. The van der Waals surface area contributed by atoms with Crippen molar-refractivity contribution in [2.24, 2.45) is 11.3 Å². The third-order valence-corrected chi connectivity index (χ3v) is 3.76. The molecule has 0 amide bonds. The Labute approximate surface area is 114 Å². The molecule has 1 aromatic carbocycles. The summed E-state index contributed by atoms with van der Waals surface area (Å²) in [7, 11) is 1.33. The molecule has 0 heterocycles. The van der Waals surface area contributed by atoms with Gasteiger partial charge in [-0.3, -0.25) is 4.79 Å². The molecule has 3 nitrogen and oxygen atoms in total. The minimum Gasteiger partial charge on any atom is -0.469 e. The van der Waals surface area contributed by atoms with E-state index in [0.717, 1.165) is 5.56 Å². The minimum atomic E-state index is -4.70. The number of benzene rings is 1. The van der Waals surface area contributed by atoms with E-state index < -0.39 is 6.36 Å². The highest BCUT2D eigenvalue weighted by Gasteiger charge is 2.63. The van der Waals surface area contributed by atoms with Crippen molar-refractivity contribution in [1.29, 1.82) is 0 Å². The van der Waals surface area contributed by atoms with Crippen molar-refractivity contribution in [3.8, 4) is 5.75 Å². The average Bonchev–Trinajstić information content (AvgIpc) is 2.90. The molecule has 6 heteroatoms. The van der Waals surface area contributed by atoms with Gasteiger partial charge in [-0.05, 0) is 23.1 Å². The van der Waals surface area contributed by atoms with Crippen molar-refractivity contribution in [3.05, 3.63) is 29.8 Å². The average molecular weight is 288 g/mol. The predicted octanol–water partition coefficient (Wildman–Crippen LogP) is 3.50. The molecular formula is C14H15F3O3. The molecule has 2 unspecified atom stereocenters. The van der Waals surface area contributed by atoms with Crippen LogP contribution in [-0.4, -0.2) is 19.4 Å². The van der Waals surface area contributed by atoms with Crippen LogP contribution in [0.4, 0.5) is 13.2 Å². The Hall–Kier alpha value is -1.72. The summed E-state index contributed by atoms with van der Waals surface area (Å²) in [6, 6.07) is 5.62. The summed E-state index contributed by atoms with van der Waals surface area (Å²) in [5.41, 5.74) is 0.555. The lowest BCUT2D eigenvalue weighted by Crippen LogP contribution is -2.17. The van der Waals surface area contributed by atoms with E-state index in [1.807, 2.05) is 13.8 Å². The summed E-state index contributed by atoms with van der Waals surface area (Å²) in [6.45, 7) is 3.86. The van der Waals surface area contributed by atoms with Crippen LogP contribution in [0.3, 0.4) is 0 Å². The van der Waals surface area contributed by atoms with Gasteiger partial charge in [0.15, 0.2) is 0 Å². The highest BCUT2D eigenvalue weighted by Crippen LogP contribution is 2.64. The molecule has 20 heavy (non-hydrogen) atoms. The number of carbonyl (C=O) groups is 1. The number of alkyl halides is 3. The Morgan fingerprint density at radius 2 is 1.75 bits per heavy atom.